The van der Waals surface area contributed by atoms with Crippen LogP contribution in [0.3, 0.4) is 0 Å². The number of rotatable bonds is 1. The Morgan fingerprint density at radius 1 is 1.06 bits per heavy atom. The van der Waals surface area contributed by atoms with Gasteiger partial charge in [0.15, 0.2) is 0 Å². The Morgan fingerprint density at radius 3 is 2.56 bits per heavy atom. The van der Waals surface area contributed by atoms with Crippen molar-refractivity contribution in [2.45, 2.75) is 32.6 Å². The second kappa shape index (κ2) is 4.35. The van der Waals surface area contributed by atoms with Crippen molar-refractivity contribution in [2.75, 3.05) is 0 Å². The van der Waals surface area contributed by atoms with Gasteiger partial charge in [-0.25, -0.2) is 0 Å². The molecule has 1 aromatic heterocycles. The van der Waals surface area contributed by atoms with Gasteiger partial charge in [-0.3, -0.25) is 0 Å². The fourth-order valence-corrected chi connectivity index (χ4v) is 5.54. The third-order valence-corrected chi connectivity index (χ3v) is 6.65. The van der Waals surface area contributed by atoms with Crippen LogP contribution in [0.5, 0.6) is 0 Å². The molecule has 0 spiro atoms. The monoisotopic (exact) mass is 328 g/mol. The molecule has 1 aromatic carbocycles. The van der Waals surface area contributed by atoms with E-state index in [0.717, 1.165) is 0 Å². The molecule has 3 rings (SSSR count). The van der Waals surface area contributed by atoms with Crippen molar-refractivity contribution in [3.63, 3.8) is 0 Å². The average molecular weight is 326 g/mol. The van der Waals surface area contributed by atoms with E-state index < -0.39 is 0 Å². The first kappa shape index (κ1) is 10.6. The van der Waals surface area contributed by atoms with Gasteiger partial charge in [0.2, 0.25) is 0 Å². The third kappa shape index (κ3) is 1.97. The van der Waals surface area contributed by atoms with E-state index in [4.69, 9.17) is 0 Å². The molecule has 1 aliphatic rings. The van der Waals surface area contributed by atoms with Crippen LogP contribution in [-0.4, -0.2) is 20.7 Å². The van der Waals surface area contributed by atoms with Crippen LogP contribution >= 0.6 is 0 Å². The first-order valence-corrected chi connectivity index (χ1v) is 8.14. The van der Waals surface area contributed by atoms with Gasteiger partial charge in [-0.05, 0) is 0 Å². The molecule has 2 aromatic rings. The standard InChI is InChI=1S/C14H16NTe/c1-11-6-8-13(9-7-11)15-10-12-4-2-3-5-14(12)16-15/h6-10H,2-5H2,1H3/q+1. The first-order chi connectivity index (χ1) is 7.83. The van der Waals surface area contributed by atoms with Gasteiger partial charge in [0.05, 0.1) is 0 Å². The summed E-state index contributed by atoms with van der Waals surface area (Å²) in [7, 11) is 0. The molecule has 0 saturated carbocycles. The Balaban J connectivity index is 2.00. The van der Waals surface area contributed by atoms with Crippen LogP contribution in [0.25, 0.3) is 5.69 Å². The number of benzene rings is 1. The Labute approximate surface area is 107 Å². The molecular formula is C14H16NTe+. The molecule has 1 heterocycles. The number of hydrogen-bond donors (Lipinski definition) is 0. The van der Waals surface area contributed by atoms with Crippen LogP contribution in [0.15, 0.2) is 30.5 Å². The van der Waals surface area contributed by atoms with E-state index in [1.54, 1.807) is 9.14 Å². The van der Waals surface area contributed by atoms with Crippen molar-refractivity contribution in [1.82, 2.24) is 0 Å². The SMILES string of the molecule is Cc1ccc(-[n+]2cc3c([te]2)CCCC3)cc1. The summed E-state index contributed by atoms with van der Waals surface area (Å²) < 4.78 is 4.33. The summed E-state index contributed by atoms with van der Waals surface area (Å²) in [4.78, 5) is 0. The Morgan fingerprint density at radius 2 is 1.81 bits per heavy atom. The fraction of sp³-hybridized carbons (Fsp3) is 0.357. The quantitative estimate of drug-likeness (QED) is 0.708. The third-order valence-electron chi connectivity index (χ3n) is 3.23. The van der Waals surface area contributed by atoms with Crippen LogP contribution in [-0.2, 0) is 12.8 Å². The summed E-state index contributed by atoms with van der Waals surface area (Å²) in [5.41, 5.74) is 4.40. The molecule has 0 N–H and O–H groups in total. The van der Waals surface area contributed by atoms with E-state index in [0.29, 0.717) is 0 Å². The summed E-state index contributed by atoms with van der Waals surface area (Å²) in [6.45, 7) is 2.15. The molecule has 0 amide bonds. The maximum atomic E-state index is 2.53. The molecular weight excluding hydrogens is 310 g/mol. The van der Waals surface area contributed by atoms with Gasteiger partial charge in [-0.2, -0.15) is 0 Å². The van der Waals surface area contributed by atoms with Crippen molar-refractivity contribution in [1.29, 1.82) is 0 Å². The van der Waals surface area contributed by atoms with Gasteiger partial charge < -0.3 is 0 Å². The second-order valence-corrected chi connectivity index (χ2v) is 7.59. The normalized spacial score (nSPS) is 14.8. The Hall–Kier alpha value is -0.580. The summed E-state index contributed by atoms with van der Waals surface area (Å²) in [5, 5.41) is 0. The molecule has 2 heteroatoms. The van der Waals surface area contributed by atoms with Crippen molar-refractivity contribution < 1.29 is 2.79 Å². The summed E-state index contributed by atoms with van der Waals surface area (Å²) in [5.74, 6) is 0. The van der Waals surface area contributed by atoms with Gasteiger partial charge in [-0.15, -0.1) is 0 Å². The van der Waals surface area contributed by atoms with Crippen LogP contribution < -0.4 is 2.79 Å². The number of aromatic nitrogens is 1. The predicted molar refractivity (Wildman–Crippen MR) is 66.3 cm³/mol. The zero-order valence-electron chi connectivity index (χ0n) is 9.57. The zero-order chi connectivity index (χ0) is 11.0. The van der Waals surface area contributed by atoms with Crippen LogP contribution in [0.4, 0.5) is 0 Å². The minimum atomic E-state index is -0.105. The predicted octanol–water partition coefficient (Wildman–Crippen LogP) is 2.21. The van der Waals surface area contributed by atoms with Crippen molar-refractivity contribution in [2.24, 2.45) is 0 Å². The average Bonchev–Trinajstić information content (AvgIpc) is 2.73. The van der Waals surface area contributed by atoms with Crippen molar-refractivity contribution in [3.05, 3.63) is 45.2 Å². The number of nitrogens with zero attached hydrogens (tertiary/aromatic N) is 1. The second-order valence-electron chi connectivity index (χ2n) is 4.54. The molecule has 0 unspecified atom stereocenters. The zero-order valence-corrected chi connectivity index (χ0v) is 11.9. The molecule has 16 heavy (non-hydrogen) atoms. The number of aryl methyl sites for hydroxylation is 3. The van der Waals surface area contributed by atoms with Crippen LogP contribution in [0.2, 0.25) is 0 Å². The summed E-state index contributed by atoms with van der Waals surface area (Å²) in [6.07, 6.45) is 7.92. The summed E-state index contributed by atoms with van der Waals surface area (Å²) >= 11 is -0.105. The first-order valence-electron chi connectivity index (χ1n) is 5.94. The van der Waals surface area contributed by atoms with E-state index in [1.165, 1.54) is 36.9 Å². The Kier molecular flexibility index (Phi) is 2.88. The van der Waals surface area contributed by atoms with Crippen molar-refractivity contribution >= 4 is 20.7 Å². The van der Waals surface area contributed by atoms with E-state index in [9.17, 15) is 0 Å². The fourth-order valence-electron chi connectivity index (χ4n) is 2.25. The summed E-state index contributed by atoms with van der Waals surface area (Å²) in [6, 6.07) is 8.95. The van der Waals surface area contributed by atoms with E-state index >= 15 is 0 Å². The minimum absolute atomic E-state index is 0.105. The molecule has 82 valence electrons. The van der Waals surface area contributed by atoms with Gasteiger partial charge >= 0.3 is 107 Å². The van der Waals surface area contributed by atoms with Gasteiger partial charge in [0.1, 0.15) is 0 Å². The maximum absolute atomic E-state index is 2.53. The molecule has 0 atom stereocenters. The number of hydrogen-bond acceptors (Lipinski definition) is 0. The van der Waals surface area contributed by atoms with Gasteiger partial charge in [-0.1, -0.05) is 0 Å². The van der Waals surface area contributed by atoms with Crippen LogP contribution in [0.1, 0.15) is 27.5 Å². The Bertz CT molecular complexity index is 472. The van der Waals surface area contributed by atoms with Crippen LogP contribution in [0, 0.1) is 6.92 Å². The van der Waals surface area contributed by atoms with Gasteiger partial charge in [0, 0.05) is 0 Å². The molecule has 0 fully saturated rings. The van der Waals surface area contributed by atoms with E-state index in [2.05, 4.69) is 40.2 Å². The molecule has 0 saturated heterocycles. The molecule has 0 radical (unpaired) electrons. The van der Waals surface area contributed by atoms with E-state index in [1.807, 2.05) is 0 Å². The topological polar surface area (TPSA) is 3.88 Å². The number of fused-ring (bicyclic) bond motifs is 1. The molecule has 1 nitrogen and oxygen atoms in total. The van der Waals surface area contributed by atoms with E-state index in [-0.39, 0.29) is 20.7 Å². The molecule has 1 aliphatic carbocycles. The van der Waals surface area contributed by atoms with Gasteiger partial charge in [0.25, 0.3) is 0 Å². The molecule has 0 aliphatic heterocycles. The van der Waals surface area contributed by atoms with Crippen molar-refractivity contribution in [3.8, 4) is 5.69 Å². The molecule has 0 bridgehead atoms.